The molecule has 0 aliphatic rings. The summed E-state index contributed by atoms with van der Waals surface area (Å²) in [6.07, 6.45) is 3.31. The molecule has 0 fully saturated rings. The van der Waals surface area contributed by atoms with Crippen molar-refractivity contribution < 1.29 is 9.18 Å². The third-order valence-corrected chi connectivity index (χ3v) is 3.37. The SMILES string of the molecule is O=C(N/N=C(\c1ccccc1)c1cccnc1)c1ccccc1F. The molecule has 1 heterocycles. The van der Waals surface area contributed by atoms with E-state index in [1.807, 2.05) is 36.4 Å². The number of nitrogens with one attached hydrogen (secondary N) is 1. The van der Waals surface area contributed by atoms with Crippen molar-refractivity contribution in [3.8, 4) is 0 Å². The van der Waals surface area contributed by atoms with Gasteiger partial charge in [-0.2, -0.15) is 5.10 Å². The summed E-state index contributed by atoms with van der Waals surface area (Å²) in [6.45, 7) is 0. The Morgan fingerprint density at radius 3 is 2.33 bits per heavy atom. The third-order valence-electron chi connectivity index (χ3n) is 3.37. The topological polar surface area (TPSA) is 54.4 Å². The summed E-state index contributed by atoms with van der Waals surface area (Å²) in [5, 5.41) is 4.19. The number of pyridine rings is 1. The summed E-state index contributed by atoms with van der Waals surface area (Å²) in [6, 6.07) is 18.8. The lowest BCUT2D eigenvalue weighted by Crippen LogP contribution is -2.21. The number of carbonyl (C=O) groups is 1. The number of hydrazone groups is 1. The van der Waals surface area contributed by atoms with E-state index in [9.17, 15) is 9.18 Å². The molecular formula is C19H14FN3O. The highest BCUT2D eigenvalue weighted by Gasteiger charge is 2.12. The monoisotopic (exact) mass is 319 g/mol. The van der Waals surface area contributed by atoms with Crippen LogP contribution in [0.1, 0.15) is 21.5 Å². The average Bonchev–Trinajstić information content (AvgIpc) is 2.64. The molecule has 0 saturated carbocycles. The van der Waals surface area contributed by atoms with Crippen LogP contribution in [0.3, 0.4) is 0 Å². The number of hydrogen-bond donors (Lipinski definition) is 1. The van der Waals surface area contributed by atoms with E-state index in [0.29, 0.717) is 5.71 Å². The van der Waals surface area contributed by atoms with Crippen molar-refractivity contribution >= 4 is 11.6 Å². The summed E-state index contributed by atoms with van der Waals surface area (Å²) < 4.78 is 13.7. The second kappa shape index (κ2) is 7.28. The zero-order chi connectivity index (χ0) is 16.8. The van der Waals surface area contributed by atoms with Gasteiger partial charge < -0.3 is 0 Å². The van der Waals surface area contributed by atoms with Crippen LogP contribution in [-0.4, -0.2) is 16.6 Å². The molecule has 118 valence electrons. The summed E-state index contributed by atoms with van der Waals surface area (Å²) in [5.74, 6) is -1.20. The molecule has 0 spiro atoms. The van der Waals surface area contributed by atoms with Gasteiger partial charge in [-0.1, -0.05) is 42.5 Å². The molecule has 0 unspecified atom stereocenters. The van der Waals surface area contributed by atoms with E-state index in [1.54, 1.807) is 24.5 Å². The molecule has 0 saturated heterocycles. The van der Waals surface area contributed by atoms with Gasteiger partial charge in [0.25, 0.3) is 5.91 Å². The fraction of sp³-hybridized carbons (Fsp3) is 0. The van der Waals surface area contributed by atoms with Crippen molar-refractivity contribution in [3.63, 3.8) is 0 Å². The van der Waals surface area contributed by atoms with Crippen LogP contribution in [0.4, 0.5) is 4.39 Å². The molecule has 1 aromatic heterocycles. The van der Waals surface area contributed by atoms with Crippen LogP contribution < -0.4 is 5.43 Å². The van der Waals surface area contributed by atoms with E-state index >= 15 is 0 Å². The Morgan fingerprint density at radius 1 is 0.917 bits per heavy atom. The molecule has 0 atom stereocenters. The van der Waals surface area contributed by atoms with E-state index in [4.69, 9.17) is 0 Å². The fourth-order valence-corrected chi connectivity index (χ4v) is 2.21. The van der Waals surface area contributed by atoms with Crippen molar-refractivity contribution in [2.75, 3.05) is 0 Å². The normalized spacial score (nSPS) is 11.1. The van der Waals surface area contributed by atoms with E-state index in [2.05, 4.69) is 15.5 Å². The smallest absolute Gasteiger partial charge is 0.267 e. The Bertz CT molecular complexity index is 823. The molecular weight excluding hydrogens is 305 g/mol. The molecule has 5 heteroatoms. The van der Waals surface area contributed by atoms with Crippen molar-refractivity contribution in [2.45, 2.75) is 0 Å². The van der Waals surface area contributed by atoms with E-state index in [0.717, 1.165) is 11.1 Å². The minimum Gasteiger partial charge on any atom is -0.267 e. The second-order valence-corrected chi connectivity index (χ2v) is 4.99. The van der Waals surface area contributed by atoms with E-state index in [-0.39, 0.29) is 5.56 Å². The highest BCUT2D eigenvalue weighted by molar-refractivity contribution is 6.13. The first-order valence-corrected chi connectivity index (χ1v) is 7.34. The molecule has 1 amide bonds. The molecule has 3 rings (SSSR count). The van der Waals surface area contributed by atoms with Crippen LogP contribution in [0, 0.1) is 5.82 Å². The lowest BCUT2D eigenvalue weighted by Gasteiger charge is -2.08. The second-order valence-electron chi connectivity index (χ2n) is 4.99. The Balaban J connectivity index is 1.93. The number of halogens is 1. The number of aromatic nitrogens is 1. The van der Waals surface area contributed by atoms with Gasteiger partial charge in [-0.15, -0.1) is 0 Å². The maximum atomic E-state index is 13.7. The quantitative estimate of drug-likeness (QED) is 0.592. The summed E-state index contributed by atoms with van der Waals surface area (Å²) in [4.78, 5) is 16.2. The van der Waals surface area contributed by atoms with Gasteiger partial charge in [0.1, 0.15) is 5.82 Å². The van der Waals surface area contributed by atoms with Gasteiger partial charge in [0, 0.05) is 23.5 Å². The van der Waals surface area contributed by atoms with Crippen molar-refractivity contribution in [3.05, 3.63) is 102 Å². The fourth-order valence-electron chi connectivity index (χ4n) is 2.21. The minimum atomic E-state index is -0.606. The zero-order valence-electron chi connectivity index (χ0n) is 12.7. The average molecular weight is 319 g/mol. The Morgan fingerprint density at radius 2 is 1.62 bits per heavy atom. The molecule has 24 heavy (non-hydrogen) atoms. The molecule has 0 radical (unpaired) electrons. The molecule has 2 aromatic carbocycles. The van der Waals surface area contributed by atoms with Crippen LogP contribution in [0.5, 0.6) is 0 Å². The first-order valence-electron chi connectivity index (χ1n) is 7.34. The number of rotatable bonds is 4. The standard InChI is InChI=1S/C19H14FN3O/c20-17-11-5-4-10-16(17)19(24)23-22-18(14-7-2-1-3-8-14)15-9-6-12-21-13-15/h1-13H,(H,23,24)/b22-18+. The third kappa shape index (κ3) is 3.52. The van der Waals surface area contributed by atoms with Crippen LogP contribution in [0.2, 0.25) is 0 Å². The summed E-state index contributed by atoms with van der Waals surface area (Å²) in [7, 11) is 0. The molecule has 4 nitrogen and oxygen atoms in total. The molecule has 1 N–H and O–H groups in total. The van der Waals surface area contributed by atoms with Crippen LogP contribution >= 0.6 is 0 Å². The van der Waals surface area contributed by atoms with Crippen molar-refractivity contribution in [1.29, 1.82) is 0 Å². The van der Waals surface area contributed by atoms with Gasteiger partial charge in [-0.25, -0.2) is 9.82 Å². The van der Waals surface area contributed by atoms with Crippen molar-refractivity contribution in [1.82, 2.24) is 10.4 Å². The van der Waals surface area contributed by atoms with Gasteiger partial charge in [-0.3, -0.25) is 9.78 Å². The number of carbonyl (C=O) groups excluding carboxylic acids is 1. The summed E-state index contributed by atoms with van der Waals surface area (Å²) in [5.41, 5.74) is 4.48. The van der Waals surface area contributed by atoms with E-state index < -0.39 is 11.7 Å². The Hall–Kier alpha value is -3.34. The first-order chi connectivity index (χ1) is 11.8. The largest absolute Gasteiger partial charge is 0.274 e. The first kappa shape index (κ1) is 15.6. The lowest BCUT2D eigenvalue weighted by atomic mass is 10.0. The van der Waals surface area contributed by atoms with Crippen LogP contribution in [-0.2, 0) is 0 Å². The number of hydrogen-bond acceptors (Lipinski definition) is 3. The molecule has 0 aliphatic carbocycles. The summed E-state index contributed by atoms with van der Waals surface area (Å²) >= 11 is 0. The van der Waals surface area contributed by atoms with Gasteiger partial charge in [0.05, 0.1) is 11.3 Å². The maximum absolute atomic E-state index is 13.7. The molecule has 3 aromatic rings. The van der Waals surface area contributed by atoms with Gasteiger partial charge in [0.15, 0.2) is 0 Å². The van der Waals surface area contributed by atoms with Crippen LogP contribution in [0.25, 0.3) is 0 Å². The Kier molecular flexibility index (Phi) is 4.72. The number of nitrogens with zero attached hydrogens (tertiary/aromatic N) is 2. The maximum Gasteiger partial charge on any atom is 0.274 e. The van der Waals surface area contributed by atoms with E-state index in [1.165, 1.54) is 18.2 Å². The number of benzene rings is 2. The van der Waals surface area contributed by atoms with Crippen LogP contribution in [0.15, 0.2) is 84.2 Å². The highest BCUT2D eigenvalue weighted by atomic mass is 19.1. The molecule has 0 bridgehead atoms. The Labute approximate surface area is 138 Å². The van der Waals surface area contributed by atoms with Crippen molar-refractivity contribution in [2.24, 2.45) is 5.10 Å². The van der Waals surface area contributed by atoms with Gasteiger partial charge in [-0.05, 0) is 24.3 Å². The van der Waals surface area contributed by atoms with Gasteiger partial charge >= 0.3 is 0 Å². The van der Waals surface area contributed by atoms with Gasteiger partial charge in [0.2, 0.25) is 0 Å². The minimum absolute atomic E-state index is 0.0557. The number of amides is 1. The molecule has 0 aliphatic heterocycles. The predicted octanol–water partition coefficient (Wildman–Crippen LogP) is 3.40. The predicted molar refractivity (Wildman–Crippen MR) is 90.2 cm³/mol. The zero-order valence-corrected chi connectivity index (χ0v) is 12.7. The highest BCUT2D eigenvalue weighted by Crippen LogP contribution is 2.10. The lowest BCUT2D eigenvalue weighted by molar-refractivity contribution is 0.0951.